The summed E-state index contributed by atoms with van der Waals surface area (Å²) in [5.74, 6) is 1.16. The Labute approximate surface area is 135 Å². The molecule has 22 heavy (non-hydrogen) atoms. The van der Waals surface area contributed by atoms with E-state index in [0.29, 0.717) is 22.6 Å². The molecule has 7 heteroatoms. The summed E-state index contributed by atoms with van der Waals surface area (Å²) in [5.41, 5.74) is 1.09. The number of cyclic esters (lactones) is 1. The van der Waals surface area contributed by atoms with E-state index in [1.807, 2.05) is 12.1 Å². The molecule has 0 spiro atoms. The summed E-state index contributed by atoms with van der Waals surface area (Å²) in [5, 5.41) is 3.13. The molecule has 0 unspecified atom stereocenters. The van der Waals surface area contributed by atoms with Gasteiger partial charge in [0, 0.05) is 6.07 Å². The molecule has 0 amide bonds. The zero-order valence-electron chi connectivity index (χ0n) is 12.0. The molecule has 1 aliphatic heterocycles. The number of H-pyrrole nitrogens is 1. The van der Waals surface area contributed by atoms with E-state index in [9.17, 15) is 4.79 Å². The van der Waals surface area contributed by atoms with Crippen molar-refractivity contribution >= 4 is 27.7 Å². The monoisotopic (exact) mass is 365 g/mol. The SMILES string of the molecule is COc1ccc2c(c1OC)C(=O)O[C@H]2Nc1ccc(Br)c[nH+]1. The Morgan fingerprint density at radius 1 is 1.23 bits per heavy atom. The van der Waals surface area contributed by atoms with Gasteiger partial charge in [-0.25, -0.2) is 15.1 Å². The van der Waals surface area contributed by atoms with E-state index >= 15 is 0 Å². The van der Waals surface area contributed by atoms with Crippen molar-refractivity contribution in [1.29, 1.82) is 0 Å². The van der Waals surface area contributed by atoms with Crippen LogP contribution in [0.1, 0.15) is 22.1 Å². The van der Waals surface area contributed by atoms with Gasteiger partial charge in [0.2, 0.25) is 0 Å². The number of carbonyl (C=O) groups is 1. The Morgan fingerprint density at radius 3 is 2.68 bits per heavy atom. The quantitative estimate of drug-likeness (QED) is 0.843. The van der Waals surface area contributed by atoms with Crippen molar-refractivity contribution in [2.24, 2.45) is 0 Å². The fourth-order valence-electron chi connectivity index (χ4n) is 2.34. The first-order valence-electron chi connectivity index (χ1n) is 6.53. The smallest absolute Gasteiger partial charge is 0.346 e. The molecule has 0 bridgehead atoms. The minimum absolute atomic E-state index is 0.383. The number of anilines is 1. The fourth-order valence-corrected chi connectivity index (χ4v) is 2.59. The third kappa shape index (κ3) is 2.48. The third-order valence-corrected chi connectivity index (χ3v) is 3.84. The van der Waals surface area contributed by atoms with Gasteiger partial charge in [-0.2, -0.15) is 0 Å². The van der Waals surface area contributed by atoms with E-state index in [4.69, 9.17) is 14.2 Å². The maximum Gasteiger partial charge on any atom is 0.346 e. The number of hydrogen-bond acceptors (Lipinski definition) is 5. The van der Waals surface area contributed by atoms with Crippen molar-refractivity contribution in [2.75, 3.05) is 19.5 Å². The van der Waals surface area contributed by atoms with Crippen LogP contribution in [0.25, 0.3) is 0 Å². The van der Waals surface area contributed by atoms with Crippen LogP contribution in [-0.4, -0.2) is 20.2 Å². The van der Waals surface area contributed by atoms with Gasteiger partial charge in [0.05, 0.1) is 24.3 Å². The van der Waals surface area contributed by atoms with Crippen LogP contribution in [-0.2, 0) is 4.74 Å². The number of fused-ring (bicyclic) bond motifs is 1. The Balaban J connectivity index is 1.96. The summed E-state index contributed by atoms with van der Waals surface area (Å²) >= 11 is 3.35. The average Bonchev–Trinajstić information content (AvgIpc) is 2.85. The van der Waals surface area contributed by atoms with Gasteiger partial charge < -0.3 is 14.2 Å². The van der Waals surface area contributed by atoms with E-state index in [-0.39, 0.29) is 0 Å². The molecule has 0 radical (unpaired) electrons. The highest BCUT2D eigenvalue weighted by atomic mass is 79.9. The zero-order chi connectivity index (χ0) is 15.7. The van der Waals surface area contributed by atoms with Gasteiger partial charge in [-0.3, -0.25) is 0 Å². The number of nitrogens with one attached hydrogen (secondary N) is 2. The minimum Gasteiger partial charge on any atom is -0.493 e. The summed E-state index contributed by atoms with van der Waals surface area (Å²) in [4.78, 5) is 15.2. The maximum atomic E-state index is 12.2. The number of halogens is 1. The second-order valence-electron chi connectivity index (χ2n) is 4.62. The summed E-state index contributed by atoms with van der Waals surface area (Å²) in [6, 6.07) is 7.26. The lowest BCUT2D eigenvalue weighted by Gasteiger charge is -2.10. The predicted octanol–water partition coefficient (Wildman–Crippen LogP) is 2.56. The molecule has 0 saturated carbocycles. The molecule has 1 aromatic carbocycles. The summed E-state index contributed by atoms with van der Waals surface area (Å²) < 4.78 is 16.8. The number of aromatic amines is 1. The first kappa shape index (κ1) is 14.6. The van der Waals surface area contributed by atoms with Gasteiger partial charge in [0.25, 0.3) is 12.0 Å². The zero-order valence-corrected chi connectivity index (χ0v) is 13.6. The van der Waals surface area contributed by atoms with Crippen LogP contribution in [0.15, 0.2) is 34.9 Å². The van der Waals surface area contributed by atoms with Crippen LogP contribution in [0.2, 0.25) is 0 Å². The van der Waals surface area contributed by atoms with Crippen molar-refractivity contribution in [3.8, 4) is 11.5 Å². The number of carbonyl (C=O) groups excluding carboxylic acids is 1. The molecule has 6 nitrogen and oxygen atoms in total. The molecule has 2 heterocycles. The van der Waals surface area contributed by atoms with Crippen LogP contribution in [0.4, 0.5) is 5.82 Å². The fraction of sp³-hybridized carbons (Fsp3) is 0.200. The number of aromatic nitrogens is 1. The average molecular weight is 366 g/mol. The van der Waals surface area contributed by atoms with E-state index in [0.717, 1.165) is 10.3 Å². The maximum absolute atomic E-state index is 12.2. The van der Waals surface area contributed by atoms with Gasteiger partial charge in [-0.1, -0.05) is 0 Å². The molecule has 1 aliphatic rings. The number of methoxy groups -OCH3 is 2. The van der Waals surface area contributed by atoms with Crippen molar-refractivity contribution in [3.05, 3.63) is 46.1 Å². The molecule has 0 fully saturated rings. The Bertz CT molecular complexity index is 718. The van der Waals surface area contributed by atoms with E-state index in [1.165, 1.54) is 14.2 Å². The largest absolute Gasteiger partial charge is 0.493 e. The molecule has 2 N–H and O–H groups in total. The number of hydrogen-bond donors (Lipinski definition) is 1. The number of ether oxygens (including phenoxy) is 3. The highest BCUT2D eigenvalue weighted by Crippen LogP contribution is 2.41. The second kappa shape index (κ2) is 5.84. The van der Waals surface area contributed by atoms with Crippen LogP contribution in [0.3, 0.4) is 0 Å². The number of rotatable bonds is 4. The molecule has 114 valence electrons. The van der Waals surface area contributed by atoms with Crippen molar-refractivity contribution in [1.82, 2.24) is 0 Å². The van der Waals surface area contributed by atoms with E-state index < -0.39 is 12.2 Å². The molecular weight excluding hydrogens is 352 g/mol. The van der Waals surface area contributed by atoms with Crippen molar-refractivity contribution < 1.29 is 24.0 Å². The van der Waals surface area contributed by atoms with Gasteiger partial charge >= 0.3 is 5.97 Å². The van der Waals surface area contributed by atoms with E-state index in [1.54, 1.807) is 18.3 Å². The van der Waals surface area contributed by atoms with Crippen molar-refractivity contribution in [2.45, 2.75) is 6.23 Å². The Hall–Kier alpha value is -2.28. The molecule has 0 aliphatic carbocycles. The van der Waals surface area contributed by atoms with Crippen LogP contribution in [0, 0.1) is 0 Å². The Kier molecular flexibility index (Phi) is 3.89. The Morgan fingerprint density at radius 2 is 2.05 bits per heavy atom. The first-order valence-corrected chi connectivity index (χ1v) is 7.33. The van der Waals surface area contributed by atoms with Gasteiger partial charge in [0.15, 0.2) is 11.5 Å². The van der Waals surface area contributed by atoms with Crippen molar-refractivity contribution in [3.63, 3.8) is 0 Å². The van der Waals surface area contributed by atoms with Crippen LogP contribution >= 0.6 is 15.9 Å². The second-order valence-corrected chi connectivity index (χ2v) is 5.53. The van der Waals surface area contributed by atoms with Gasteiger partial charge in [-0.05, 0) is 34.1 Å². The van der Waals surface area contributed by atoms with Crippen LogP contribution < -0.4 is 19.8 Å². The lowest BCUT2D eigenvalue weighted by molar-refractivity contribution is -0.362. The summed E-state index contributed by atoms with van der Waals surface area (Å²) in [6.07, 6.45) is 1.20. The molecule has 2 aromatic rings. The topological polar surface area (TPSA) is 70.9 Å². The lowest BCUT2D eigenvalue weighted by Crippen LogP contribution is -2.17. The third-order valence-electron chi connectivity index (χ3n) is 3.35. The first-order chi connectivity index (χ1) is 10.6. The van der Waals surface area contributed by atoms with Gasteiger partial charge in [0.1, 0.15) is 11.8 Å². The van der Waals surface area contributed by atoms with Gasteiger partial charge in [-0.15, -0.1) is 0 Å². The number of pyridine rings is 1. The highest BCUT2D eigenvalue weighted by Gasteiger charge is 2.38. The number of esters is 1. The standard InChI is InChI=1S/C15H13BrN2O4/c1-20-10-5-4-9-12(13(10)21-2)15(19)22-14(9)18-11-6-3-8(16)7-17-11/h3-7,14H,1-2H3,(H,17,18)/p+1/t14-/m1/s1. The summed E-state index contributed by atoms with van der Waals surface area (Å²) in [7, 11) is 3.02. The predicted molar refractivity (Wildman–Crippen MR) is 82.0 cm³/mol. The molecular formula is C15H14BrN2O4+. The minimum atomic E-state index is -0.584. The van der Waals surface area contributed by atoms with E-state index in [2.05, 4.69) is 26.2 Å². The molecule has 3 rings (SSSR count). The number of benzene rings is 1. The lowest BCUT2D eigenvalue weighted by atomic mass is 10.1. The van der Waals surface area contributed by atoms with Crippen LogP contribution in [0.5, 0.6) is 11.5 Å². The highest BCUT2D eigenvalue weighted by molar-refractivity contribution is 9.10. The molecule has 1 atom stereocenters. The summed E-state index contributed by atoms with van der Waals surface area (Å²) in [6.45, 7) is 0. The molecule has 0 saturated heterocycles. The molecule has 1 aromatic heterocycles. The normalized spacial score (nSPS) is 16.0.